The first-order valence-corrected chi connectivity index (χ1v) is 9.90. The van der Waals surface area contributed by atoms with Gasteiger partial charge < -0.3 is 25.0 Å². The van der Waals surface area contributed by atoms with Gasteiger partial charge in [-0.1, -0.05) is 18.6 Å². The average Bonchev–Trinajstić information content (AvgIpc) is 2.77. The highest BCUT2D eigenvalue weighted by Gasteiger charge is 2.26. The minimum Gasteiger partial charge on any atom is -0.497 e. The highest BCUT2D eigenvalue weighted by atomic mass is 16.5. The first-order chi connectivity index (χ1) is 13.5. The van der Waals surface area contributed by atoms with Crippen LogP contribution in [0.1, 0.15) is 31.2 Å². The molecule has 1 aliphatic rings. The molecule has 7 heteroatoms. The van der Waals surface area contributed by atoms with Crippen molar-refractivity contribution in [3.63, 3.8) is 0 Å². The van der Waals surface area contributed by atoms with Crippen molar-refractivity contribution in [2.24, 2.45) is 5.92 Å². The van der Waals surface area contributed by atoms with Gasteiger partial charge in [0.2, 0.25) is 11.8 Å². The molecule has 1 aromatic carbocycles. The van der Waals surface area contributed by atoms with Crippen LogP contribution in [0.4, 0.5) is 0 Å². The molecule has 28 heavy (non-hydrogen) atoms. The number of hydrogen-bond donors (Lipinski definition) is 2. The van der Waals surface area contributed by atoms with Crippen molar-refractivity contribution in [1.82, 2.24) is 15.5 Å². The topological polar surface area (TPSA) is 79.9 Å². The lowest BCUT2D eigenvalue weighted by Crippen LogP contribution is -2.42. The van der Waals surface area contributed by atoms with E-state index in [1.807, 2.05) is 25.2 Å². The molecule has 2 amide bonds. The van der Waals surface area contributed by atoms with E-state index in [-0.39, 0.29) is 30.2 Å². The second-order valence-corrected chi connectivity index (χ2v) is 7.32. The zero-order valence-corrected chi connectivity index (χ0v) is 17.2. The first kappa shape index (κ1) is 22.2. The van der Waals surface area contributed by atoms with Gasteiger partial charge in [0.25, 0.3) is 0 Å². The van der Waals surface area contributed by atoms with Crippen LogP contribution in [0.3, 0.4) is 0 Å². The second kappa shape index (κ2) is 11.7. The number of rotatable bonds is 8. The van der Waals surface area contributed by atoms with Crippen molar-refractivity contribution >= 4 is 11.8 Å². The van der Waals surface area contributed by atoms with Crippen LogP contribution in [0.2, 0.25) is 0 Å². The fraction of sp³-hybridized carbons (Fsp3) is 0.619. The normalized spacial score (nSPS) is 20.8. The second-order valence-electron chi connectivity index (χ2n) is 7.32. The number of carbonyl (C=O) groups is 2. The number of methoxy groups -OCH3 is 2. The van der Waals surface area contributed by atoms with Crippen LogP contribution >= 0.6 is 0 Å². The summed E-state index contributed by atoms with van der Waals surface area (Å²) in [6, 6.07) is 8.16. The molecule has 0 spiro atoms. The molecule has 1 aromatic rings. The smallest absolute Gasteiger partial charge is 0.223 e. The van der Waals surface area contributed by atoms with E-state index in [1.165, 1.54) is 0 Å². The number of nitrogens with one attached hydrogen (secondary N) is 2. The Labute approximate surface area is 167 Å². The molecule has 0 saturated carbocycles. The zero-order valence-electron chi connectivity index (χ0n) is 17.2. The molecule has 0 radical (unpaired) electrons. The lowest BCUT2D eigenvalue weighted by Gasteiger charge is -2.24. The molecule has 0 aromatic heterocycles. The third-order valence-corrected chi connectivity index (χ3v) is 5.15. The van der Waals surface area contributed by atoms with Gasteiger partial charge in [0.05, 0.1) is 13.7 Å². The van der Waals surface area contributed by atoms with E-state index in [9.17, 15) is 9.59 Å². The van der Waals surface area contributed by atoms with Crippen LogP contribution in [0.25, 0.3) is 0 Å². The largest absolute Gasteiger partial charge is 0.497 e. The average molecular weight is 392 g/mol. The predicted octanol–water partition coefficient (Wildman–Crippen LogP) is 1.56. The van der Waals surface area contributed by atoms with Gasteiger partial charge in [-0.25, -0.2) is 0 Å². The van der Waals surface area contributed by atoms with Gasteiger partial charge in [-0.2, -0.15) is 0 Å². The molecule has 0 bridgehead atoms. The molecule has 1 fully saturated rings. The Morgan fingerprint density at radius 1 is 1.29 bits per heavy atom. The lowest BCUT2D eigenvalue weighted by molar-refractivity contribution is -0.135. The van der Waals surface area contributed by atoms with Crippen molar-refractivity contribution in [3.05, 3.63) is 29.8 Å². The molecule has 1 heterocycles. The standard InChI is InChI=1S/C21H33N3O4/c1-24-15-18(23-14-16-6-4-9-19(12-16)28-3)8-5-7-17(13-20(24)25)21(26)22-10-11-27-2/h4,6,9,12,17-18,23H,5,7-8,10-11,13-15H2,1-3H3,(H,22,26)/t17-,18-/m1/s1. The molecule has 1 saturated heterocycles. The van der Waals surface area contributed by atoms with Crippen LogP contribution in [0.15, 0.2) is 24.3 Å². The zero-order chi connectivity index (χ0) is 20.4. The van der Waals surface area contributed by atoms with Gasteiger partial charge in [-0.05, 0) is 30.5 Å². The minimum atomic E-state index is -0.274. The molecule has 156 valence electrons. The SMILES string of the molecule is COCCNC(=O)[C@@H]1CCC[C@@H](NCc2cccc(OC)c2)CN(C)C(=O)C1. The monoisotopic (exact) mass is 391 g/mol. The van der Waals surface area contributed by atoms with Crippen LogP contribution < -0.4 is 15.4 Å². The number of carbonyl (C=O) groups excluding carboxylic acids is 2. The van der Waals surface area contributed by atoms with Crippen molar-refractivity contribution in [1.29, 1.82) is 0 Å². The van der Waals surface area contributed by atoms with Gasteiger partial charge in [0.15, 0.2) is 0 Å². The van der Waals surface area contributed by atoms with Gasteiger partial charge in [-0.3, -0.25) is 9.59 Å². The Balaban J connectivity index is 1.91. The van der Waals surface area contributed by atoms with Crippen molar-refractivity contribution < 1.29 is 19.1 Å². The number of benzene rings is 1. The van der Waals surface area contributed by atoms with Crippen LogP contribution in [-0.4, -0.2) is 63.7 Å². The molecular formula is C21H33N3O4. The summed E-state index contributed by atoms with van der Waals surface area (Å²) in [4.78, 5) is 26.7. The summed E-state index contributed by atoms with van der Waals surface area (Å²) in [6.07, 6.45) is 2.80. The Bertz CT molecular complexity index is 638. The maximum absolute atomic E-state index is 12.5. The van der Waals surface area contributed by atoms with E-state index in [2.05, 4.69) is 16.7 Å². The van der Waals surface area contributed by atoms with Crippen molar-refractivity contribution in [2.75, 3.05) is 41.0 Å². The molecule has 0 aliphatic carbocycles. The van der Waals surface area contributed by atoms with Gasteiger partial charge in [0, 0.05) is 52.2 Å². The third kappa shape index (κ3) is 7.13. The summed E-state index contributed by atoms with van der Waals surface area (Å²) in [7, 11) is 5.07. The minimum absolute atomic E-state index is 0.0157. The molecule has 2 rings (SSSR count). The summed E-state index contributed by atoms with van der Waals surface area (Å²) in [5.41, 5.74) is 1.14. The number of ether oxygens (including phenoxy) is 2. The van der Waals surface area contributed by atoms with E-state index in [0.29, 0.717) is 26.2 Å². The number of nitrogens with zero attached hydrogens (tertiary/aromatic N) is 1. The van der Waals surface area contributed by atoms with Gasteiger partial charge in [-0.15, -0.1) is 0 Å². The van der Waals surface area contributed by atoms with E-state index < -0.39 is 0 Å². The van der Waals surface area contributed by atoms with Gasteiger partial charge >= 0.3 is 0 Å². The van der Waals surface area contributed by atoms with Crippen LogP contribution in [-0.2, 0) is 20.9 Å². The quantitative estimate of drug-likeness (QED) is 0.658. The molecular weight excluding hydrogens is 358 g/mol. The fourth-order valence-corrected chi connectivity index (χ4v) is 3.46. The Morgan fingerprint density at radius 3 is 2.86 bits per heavy atom. The summed E-state index contributed by atoms with van der Waals surface area (Å²) in [5, 5.41) is 6.42. The summed E-state index contributed by atoms with van der Waals surface area (Å²) >= 11 is 0. The number of likely N-dealkylation sites (N-methyl/N-ethyl adjacent to an activating group) is 1. The molecule has 7 nitrogen and oxygen atoms in total. The fourth-order valence-electron chi connectivity index (χ4n) is 3.46. The van der Waals surface area contributed by atoms with Crippen molar-refractivity contribution in [3.8, 4) is 5.75 Å². The summed E-state index contributed by atoms with van der Waals surface area (Å²) < 4.78 is 10.2. The molecule has 2 atom stereocenters. The van der Waals surface area contributed by atoms with E-state index in [1.54, 1.807) is 19.1 Å². The maximum Gasteiger partial charge on any atom is 0.223 e. The summed E-state index contributed by atoms with van der Waals surface area (Å²) in [6.45, 7) is 2.30. The van der Waals surface area contributed by atoms with Crippen LogP contribution in [0.5, 0.6) is 5.75 Å². The number of amides is 2. The number of hydrogen-bond acceptors (Lipinski definition) is 5. The van der Waals surface area contributed by atoms with E-state index in [4.69, 9.17) is 9.47 Å². The highest BCUT2D eigenvalue weighted by molar-refractivity contribution is 5.85. The molecule has 0 unspecified atom stereocenters. The Kier molecular flexibility index (Phi) is 9.23. The highest BCUT2D eigenvalue weighted by Crippen LogP contribution is 2.19. The van der Waals surface area contributed by atoms with E-state index >= 15 is 0 Å². The van der Waals surface area contributed by atoms with Crippen LogP contribution in [0, 0.1) is 5.92 Å². The first-order valence-electron chi connectivity index (χ1n) is 9.90. The lowest BCUT2D eigenvalue weighted by atomic mass is 9.96. The van der Waals surface area contributed by atoms with Gasteiger partial charge in [0.1, 0.15) is 5.75 Å². The molecule has 2 N–H and O–H groups in total. The Hall–Kier alpha value is -2.12. The predicted molar refractivity (Wildman–Crippen MR) is 108 cm³/mol. The maximum atomic E-state index is 12.5. The third-order valence-electron chi connectivity index (χ3n) is 5.15. The Morgan fingerprint density at radius 2 is 2.11 bits per heavy atom. The van der Waals surface area contributed by atoms with Crippen molar-refractivity contribution in [2.45, 2.75) is 38.3 Å². The summed E-state index contributed by atoms with van der Waals surface area (Å²) in [5.74, 6) is 0.524. The van der Waals surface area contributed by atoms with E-state index in [0.717, 1.165) is 30.6 Å². The molecule has 1 aliphatic heterocycles.